The fourth-order valence-corrected chi connectivity index (χ4v) is 7.97. The van der Waals surface area contributed by atoms with Crippen LogP contribution in [0.15, 0.2) is 48.6 Å². The van der Waals surface area contributed by atoms with Gasteiger partial charge in [-0.15, -0.1) is 0 Å². The summed E-state index contributed by atoms with van der Waals surface area (Å²) in [4.78, 5) is 15.9. The van der Waals surface area contributed by atoms with Crippen molar-refractivity contribution in [2.24, 2.45) is 17.8 Å². The molecule has 1 saturated carbocycles. The number of nitrogens with one attached hydrogen (secondary N) is 1. The number of fused-ring (bicyclic) bond motifs is 2. The maximum absolute atomic E-state index is 13.4. The molecule has 7 heteroatoms. The van der Waals surface area contributed by atoms with Crippen LogP contribution in [0.4, 0.5) is 5.69 Å². The predicted octanol–water partition coefficient (Wildman–Crippen LogP) is 7.65. The molecule has 222 valence electrons. The Morgan fingerprint density at radius 3 is 2.73 bits per heavy atom. The van der Waals surface area contributed by atoms with Crippen molar-refractivity contribution in [2.45, 2.75) is 70.1 Å². The van der Waals surface area contributed by atoms with Crippen LogP contribution in [0, 0.1) is 17.8 Å². The van der Waals surface area contributed by atoms with Crippen molar-refractivity contribution in [1.82, 2.24) is 4.72 Å². The third kappa shape index (κ3) is 6.71. The largest absolute Gasteiger partial charge is 0.491 e. The monoisotopic (exact) mass is 596 g/mol. The van der Waals surface area contributed by atoms with Crippen LogP contribution in [-0.2, 0) is 11.2 Å². The van der Waals surface area contributed by atoms with Crippen LogP contribution in [0.5, 0.6) is 5.75 Å². The SMILES string of the molecule is C=S1NC(=O)c2ccc3c(c2)N(CC(c2ccc(Cl)cc2CCC)CO3)CC2CCC2C(OC)/C=C/CC(C)C1C. The maximum Gasteiger partial charge on any atom is 0.260 e. The molecular formula is C34H45ClN2O3S. The van der Waals surface area contributed by atoms with Gasteiger partial charge in [-0.3, -0.25) is 4.79 Å². The number of anilines is 1. The number of carbonyl (C=O) groups excluding carboxylic acids is 1. The van der Waals surface area contributed by atoms with Crippen molar-refractivity contribution >= 4 is 39.7 Å². The third-order valence-corrected chi connectivity index (χ3v) is 11.5. The summed E-state index contributed by atoms with van der Waals surface area (Å²) in [6.07, 6.45) is 10.00. The first-order valence-electron chi connectivity index (χ1n) is 15.1. The number of hydrogen-bond donors (Lipinski definition) is 1. The van der Waals surface area contributed by atoms with Gasteiger partial charge < -0.3 is 19.1 Å². The number of allylic oxidation sites excluding steroid dienone is 1. The molecule has 0 radical (unpaired) electrons. The van der Waals surface area contributed by atoms with Gasteiger partial charge in [0.25, 0.3) is 5.91 Å². The summed E-state index contributed by atoms with van der Waals surface area (Å²) in [5, 5.41) is 1.03. The Labute approximate surface area is 253 Å². The number of nitrogens with zero attached hydrogens (tertiary/aromatic N) is 1. The second-order valence-electron chi connectivity index (χ2n) is 12.1. The second kappa shape index (κ2) is 13.4. The van der Waals surface area contributed by atoms with Gasteiger partial charge >= 0.3 is 0 Å². The first-order valence-corrected chi connectivity index (χ1v) is 17.0. The Hall–Kier alpha value is -2.28. The van der Waals surface area contributed by atoms with E-state index in [1.165, 1.54) is 24.0 Å². The first-order chi connectivity index (χ1) is 19.8. The van der Waals surface area contributed by atoms with Gasteiger partial charge in [0.05, 0.1) is 18.4 Å². The van der Waals surface area contributed by atoms with E-state index in [0.29, 0.717) is 29.9 Å². The number of hydrogen-bond acceptors (Lipinski definition) is 4. The summed E-state index contributed by atoms with van der Waals surface area (Å²) in [5.41, 5.74) is 4.26. The average molecular weight is 597 g/mol. The number of carbonyl (C=O) groups is 1. The zero-order valence-corrected chi connectivity index (χ0v) is 26.5. The molecule has 2 aromatic rings. The smallest absolute Gasteiger partial charge is 0.260 e. The van der Waals surface area contributed by atoms with Crippen molar-refractivity contribution in [3.63, 3.8) is 0 Å². The molecule has 1 fully saturated rings. The Kier molecular flexibility index (Phi) is 9.83. The van der Waals surface area contributed by atoms with Gasteiger partial charge in [-0.25, -0.2) is 0 Å². The molecule has 1 aliphatic carbocycles. The number of ether oxygens (including phenoxy) is 2. The molecule has 1 amide bonds. The minimum Gasteiger partial charge on any atom is -0.491 e. The van der Waals surface area contributed by atoms with E-state index < -0.39 is 10.7 Å². The summed E-state index contributed by atoms with van der Waals surface area (Å²) in [6.45, 7) is 8.94. The van der Waals surface area contributed by atoms with Crippen LogP contribution in [0.2, 0.25) is 5.02 Å². The highest BCUT2D eigenvalue weighted by Crippen LogP contribution is 2.43. The van der Waals surface area contributed by atoms with E-state index in [4.69, 9.17) is 21.1 Å². The van der Waals surface area contributed by atoms with E-state index in [1.54, 1.807) is 0 Å². The second-order valence-corrected chi connectivity index (χ2v) is 14.3. The maximum atomic E-state index is 13.4. The molecule has 41 heavy (non-hydrogen) atoms. The highest BCUT2D eigenvalue weighted by Gasteiger charge is 2.39. The lowest BCUT2D eigenvalue weighted by atomic mass is 9.70. The Morgan fingerprint density at radius 2 is 2.00 bits per heavy atom. The Morgan fingerprint density at radius 1 is 1.17 bits per heavy atom. The normalized spacial score (nSPS) is 31.2. The molecule has 1 N–H and O–H groups in total. The molecule has 0 aromatic heterocycles. The number of halogens is 1. The summed E-state index contributed by atoms with van der Waals surface area (Å²) < 4.78 is 15.7. The molecule has 0 saturated heterocycles. The van der Waals surface area contributed by atoms with E-state index in [0.717, 1.165) is 48.8 Å². The topological polar surface area (TPSA) is 50.8 Å². The first kappa shape index (κ1) is 30.2. The molecule has 7 atom stereocenters. The van der Waals surface area contributed by atoms with Crippen molar-refractivity contribution in [1.29, 1.82) is 0 Å². The summed E-state index contributed by atoms with van der Waals surface area (Å²) in [6, 6.07) is 12.2. The van der Waals surface area contributed by atoms with E-state index in [2.05, 4.69) is 60.5 Å². The van der Waals surface area contributed by atoms with E-state index in [1.807, 2.05) is 31.4 Å². The molecule has 0 spiro atoms. The molecule has 2 bridgehead atoms. The van der Waals surface area contributed by atoms with E-state index in [-0.39, 0.29) is 23.2 Å². The van der Waals surface area contributed by atoms with Crippen molar-refractivity contribution in [2.75, 3.05) is 31.7 Å². The summed E-state index contributed by atoms with van der Waals surface area (Å²) >= 11 is 6.42. The highest BCUT2D eigenvalue weighted by atomic mass is 35.5. The Bertz CT molecular complexity index is 1300. The summed E-state index contributed by atoms with van der Waals surface area (Å²) in [7, 11) is 1.34. The molecule has 3 aliphatic rings. The fraction of sp³-hybridized carbons (Fsp3) is 0.529. The van der Waals surface area contributed by atoms with Crippen molar-refractivity contribution in [3.05, 3.63) is 70.3 Å². The van der Waals surface area contributed by atoms with Crippen LogP contribution in [0.3, 0.4) is 0 Å². The average Bonchev–Trinajstić information content (AvgIpc) is 3.13. The number of benzene rings is 2. The van der Waals surface area contributed by atoms with Crippen molar-refractivity contribution < 1.29 is 14.3 Å². The zero-order chi connectivity index (χ0) is 29.1. The third-order valence-electron chi connectivity index (χ3n) is 9.44. The predicted molar refractivity (Wildman–Crippen MR) is 174 cm³/mol. The zero-order valence-electron chi connectivity index (χ0n) is 24.9. The van der Waals surface area contributed by atoms with Gasteiger partial charge in [0, 0.05) is 42.0 Å². The molecule has 2 aromatic carbocycles. The lowest BCUT2D eigenvalue weighted by Crippen LogP contribution is -2.44. The molecule has 7 unspecified atom stereocenters. The van der Waals surface area contributed by atoms with Crippen LogP contribution in [0.25, 0.3) is 0 Å². The van der Waals surface area contributed by atoms with Crippen LogP contribution >= 0.6 is 22.3 Å². The molecule has 5 rings (SSSR count). The van der Waals surface area contributed by atoms with Gasteiger partial charge in [0.15, 0.2) is 0 Å². The summed E-state index contributed by atoms with van der Waals surface area (Å²) in [5.74, 6) is 6.67. The number of aryl methyl sites for hydroxylation is 1. The Balaban J connectivity index is 1.53. The fourth-order valence-electron chi connectivity index (χ4n) is 6.56. The van der Waals surface area contributed by atoms with Crippen LogP contribution in [-0.4, -0.2) is 49.9 Å². The minimum atomic E-state index is -0.502. The van der Waals surface area contributed by atoms with Gasteiger partial charge in [-0.2, -0.15) is 0 Å². The minimum absolute atomic E-state index is 0.0718. The van der Waals surface area contributed by atoms with Gasteiger partial charge in [-0.1, -0.05) is 73.6 Å². The molecule has 2 heterocycles. The standard InChI is InChI=1S/C34H45ClN2O3S/c1-6-8-24-17-28(35)13-15-29(24)27-20-37-19-26-11-14-30(26)32(39-4)10-7-9-22(2)23(3)41(5)36-34(38)25-12-16-33(40-21-27)31(37)18-25/h7,10,12-13,15-18,22-23,26-27,30,32H,5-6,8-9,11,14,19-21H2,1-4H3,(H,36,38)/b10-7+. The number of amides is 1. The molecular weight excluding hydrogens is 552 g/mol. The number of rotatable bonds is 4. The van der Waals surface area contributed by atoms with Crippen molar-refractivity contribution in [3.8, 4) is 5.75 Å². The lowest BCUT2D eigenvalue weighted by Gasteiger charge is -2.43. The van der Waals surface area contributed by atoms with Crippen LogP contribution in [0.1, 0.15) is 73.9 Å². The van der Waals surface area contributed by atoms with E-state index in [9.17, 15) is 4.79 Å². The van der Waals surface area contributed by atoms with Gasteiger partial charge in [-0.05, 0) is 84.9 Å². The number of methoxy groups -OCH3 is 1. The molecule has 5 nitrogen and oxygen atoms in total. The van der Waals surface area contributed by atoms with Gasteiger partial charge in [0.2, 0.25) is 0 Å². The lowest BCUT2D eigenvalue weighted by molar-refractivity contribution is 0.0134. The van der Waals surface area contributed by atoms with Crippen LogP contribution < -0.4 is 14.4 Å². The van der Waals surface area contributed by atoms with E-state index >= 15 is 0 Å². The quantitative estimate of drug-likeness (QED) is 0.291. The van der Waals surface area contributed by atoms with Gasteiger partial charge in [0.1, 0.15) is 5.75 Å². The highest BCUT2D eigenvalue weighted by molar-refractivity contribution is 8.13. The molecule has 2 aliphatic heterocycles.